The van der Waals surface area contributed by atoms with Crippen LogP contribution in [0.1, 0.15) is 46.7 Å². The molecule has 2 fully saturated rings. The van der Waals surface area contributed by atoms with Crippen LogP contribution in [0.15, 0.2) is 88.9 Å². The molecule has 0 spiro atoms. The van der Waals surface area contributed by atoms with Gasteiger partial charge in [0, 0.05) is 16.0 Å². The highest BCUT2D eigenvalue weighted by Crippen LogP contribution is 2.64. The number of aryl methyl sites for hydroxylation is 2. The molecular formula is C31H30N2S2. The minimum absolute atomic E-state index is 0.467. The van der Waals surface area contributed by atoms with Crippen molar-refractivity contribution in [3.05, 3.63) is 105 Å². The summed E-state index contributed by atoms with van der Waals surface area (Å²) in [6, 6.07) is 28.6. The summed E-state index contributed by atoms with van der Waals surface area (Å²) in [7, 11) is 0. The standard InChI is InChI=1S/C31H30N2S2/c1-19-10-6-8-14-24(19)32-31-33(25-15-9-7-11-20(25)2)30-29(35-31)26(21-12-4-3-5-13-21)27-22-16-17-23(18-22)28(27)34-30/h3-15,22-23,26-28H,16-18H2,1-2H3. The Morgan fingerprint density at radius 3 is 2.31 bits per heavy atom. The second-order valence-corrected chi connectivity index (χ2v) is 12.6. The number of thiazole rings is 1. The van der Waals surface area contributed by atoms with Crippen molar-refractivity contribution in [3.8, 4) is 5.69 Å². The van der Waals surface area contributed by atoms with Gasteiger partial charge in [0.25, 0.3) is 0 Å². The van der Waals surface area contributed by atoms with Crippen LogP contribution in [0.4, 0.5) is 5.69 Å². The molecule has 2 heterocycles. The molecule has 2 nitrogen and oxygen atoms in total. The van der Waals surface area contributed by atoms with Gasteiger partial charge in [0.2, 0.25) is 0 Å². The highest BCUT2D eigenvalue weighted by atomic mass is 32.2. The van der Waals surface area contributed by atoms with Crippen LogP contribution >= 0.6 is 23.1 Å². The first-order valence-corrected chi connectivity index (χ1v) is 14.5. The van der Waals surface area contributed by atoms with Crippen molar-refractivity contribution in [2.45, 2.75) is 49.3 Å². The molecule has 0 N–H and O–H groups in total. The predicted molar refractivity (Wildman–Crippen MR) is 147 cm³/mol. The lowest BCUT2D eigenvalue weighted by Gasteiger charge is -2.40. The maximum absolute atomic E-state index is 5.31. The number of hydrogen-bond donors (Lipinski definition) is 0. The SMILES string of the molecule is Cc1ccccc1N=c1sc2c(n1-c1ccccc1C)SC1C3CCC(C3)C1C2c1ccccc1. The molecule has 0 amide bonds. The maximum Gasteiger partial charge on any atom is 0.195 e. The summed E-state index contributed by atoms with van der Waals surface area (Å²) in [5.74, 6) is 2.93. The van der Waals surface area contributed by atoms with Crippen LogP contribution < -0.4 is 4.80 Å². The van der Waals surface area contributed by atoms with E-state index in [0.717, 1.165) is 28.2 Å². The molecule has 7 rings (SSSR count). The Bertz CT molecular complexity index is 1460. The van der Waals surface area contributed by atoms with Gasteiger partial charge >= 0.3 is 0 Å². The number of fused-ring (bicyclic) bond motifs is 6. The highest BCUT2D eigenvalue weighted by molar-refractivity contribution is 8.00. The van der Waals surface area contributed by atoms with E-state index in [-0.39, 0.29) is 0 Å². The third kappa shape index (κ3) is 3.48. The zero-order chi connectivity index (χ0) is 23.5. The average Bonchev–Trinajstić information content (AvgIpc) is 3.59. The van der Waals surface area contributed by atoms with Gasteiger partial charge in [0.15, 0.2) is 4.80 Å². The Balaban J connectivity index is 1.52. The molecule has 176 valence electrons. The van der Waals surface area contributed by atoms with Crippen molar-refractivity contribution in [2.24, 2.45) is 22.7 Å². The number of aromatic nitrogens is 1. The van der Waals surface area contributed by atoms with E-state index in [2.05, 4.69) is 109 Å². The fraction of sp³-hybridized carbons (Fsp3) is 0.323. The Hall–Kier alpha value is -2.56. The number of nitrogens with zero attached hydrogens (tertiary/aromatic N) is 2. The van der Waals surface area contributed by atoms with Crippen LogP contribution in [0, 0.1) is 31.6 Å². The second-order valence-electron chi connectivity index (χ2n) is 10.5. The van der Waals surface area contributed by atoms with Gasteiger partial charge < -0.3 is 0 Å². The first-order chi connectivity index (χ1) is 17.2. The number of thioether (sulfide) groups is 1. The van der Waals surface area contributed by atoms with E-state index >= 15 is 0 Å². The van der Waals surface area contributed by atoms with E-state index in [4.69, 9.17) is 4.99 Å². The largest absolute Gasteiger partial charge is 0.279 e. The average molecular weight is 495 g/mol. The second kappa shape index (κ2) is 8.53. The van der Waals surface area contributed by atoms with Gasteiger partial charge in [0.1, 0.15) is 0 Å². The lowest BCUT2D eigenvalue weighted by molar-refractivity contribution is 0.307. The van der Waals surface area contributed by atoms with Crippen molar-refractivity contribution in [1.82, 2.24) is 4.57 Å². The van der Waals surface area contributed by atoms with Crippen molar-refractivity contribution in [1.29, 1.82) is 0 Å². The molecule has 0 radical (unpaired) electrons. The van der Waals surface area contributed by atoms with E-state index in [1.165, 1.54) is 51.5 Å². The van der Waals surface area contributed by atoms with E-state index in [9.17, 15) is 0 Å². The van der Waals surface area contributed by atoms with Crippen LogP contribution in [0.2, 0.25) is 0 Å². The number of hydrogen-bond acceptors (Lipinski definition) is 3. The highest BCUT2D eigenvalue weighted by Gasteiger charge is 2.55. The van der Waals surface area contributed by atoms with Gasteiger partial charge in [-0.15, -0.1) is 11.8 Å². The summed E-state index contributed by atoms with van der Waals surface area (Å²) in [6.07, 6.45) is 4.24. The zero-order valence-corrected chi connectivity index (χ0v) is 21.9. The van der Waals surface area contributed by atoms with E-state index in [1.807, 2.05) is 11.3 Å². The Labute approximate surface area is 215 Å². The molecule has 5 atom stereocenters. The number of rotatable bonds is 3. The lowest BCUT2D eigenvalue weighted by Crippen LogP contribution is -2.34. The normalized spacial score (nSPS) is 27.1. The molecule has 1 aliphatic heterocycles. The van der Waals surface area contributed by atoms with Crippen LogP contribution in [-0.4, -0.2) is 9.82 Å². The molecule has 35 heavy (non-hydrogen) atoms. The maximum atomic E-state index is 5.31. The summed E-state index contributed by atoms with van der Waals surface area (Å²) in [4.78, 5) is 7.92. The van der Waals surface area contributed by atoms with E-state index in [1.54, 1.807) is 0 Å². The molecule has 4 aromatic rings. The Morgan fingerprint density at radius 1 is 0.800 bits per heavy atom. The summed E-state index contributed by atoms with van der Waals surface area (Å²) in [5, 5.41) is 2.14. The van der Waals surface area contributed by atoms with Crippen molar-refractivity contribution >= 4 is 28.8 Å². The Morgan fingerprint density at radius 2 is 1.51 bits per heavy atom. The first-order valence-electron chi connectivity index (χ1n) is 12.8. The fourth-order valence-electron chi connectivity index (χ4n) is 6.84. The number of benzene rings is 3. The molecule has 1 aromatic heterocycles. The Kier molecular flexibility index (Phi) is 5.29. The van der Waals surface area contributed by atoms with Crippen LogP contribution in [-0.2, 0) is 0 Å². The van der Waals surface area contributed by atoms with Crippen molar-refractivity contribution in [2.75, 3.05) is 0 Å². The van der Waals surface area contributed by atoms with Gasteiger partial charge in [-0.25, -0.2) is 4.99 Å². The summed E-state index contributed by atoms with van der Waals surface area (Å²) in [5.41, 5.74) is 6.33. The molecule has 4 heteroatoms. The van der Waals surface area contributed by atoms with Gasteiger partial charge in [-0.3, -0.25) is 4.57 Å². The fourth-order valence-corrected chi connectivity index (χ4v) is 10.2. The molecule has 2 saturated carbocycles. The van der Waals surface area contributed by atoms with Gasteiger partial charge in [-0.2, -0.15) is 0 Å². The molecule has 3 aliphatic rings. The smallest absolute Gasteiger partial charge is 0.195 e. The third-order valence-electron chi connectivity index (χ3n) is 8.47. The number of para-hydroxylation sites is 2. The van der Waals surface area contributed by atoms with Crippen molar-refractivity contribution < 1.29 is 0 Å². The summed E-state index contributed by atoms with van der Waals surface area (Å²) < 4.78 is 2.49. The quantitative estimate of drug-likeness (QED) is 0.282. The molecule has 0 saturated heterocycles. The molecule has 5 unspecified atom stereocenters. The zero-order valence-electron chi connectivity index (χ0n) is 20.2. The minimum Gasteiger partial charge on any atom is -0.279 e. The summed E-state index contributed by atoms with van der Waals surface area (Å²) in [6.45, 7) is 4.39. The van der Waals surface area contributed by atoms with E-state index in [0.29, 0.717) is 11.2 Å². The lowest BCUT2D eigenvalue weighted by atomic mass is 9.75. The summed E-state index contributed by atoms with van der Waals surface area (Å²) >= 11 is 4.09. The molecule has 3 aromatic carbocycles. The predicted octanol–water partition coefficient (Wildman–Crippen LogP) is 8.04. The van der Waals surface area contributed by atoms with Crippen LogP contribution in [0.25, 0.3) is 5.69 Å². The van der Waals surface area contributed by atoms with Crippen LogP contribution in [0.3, 0.4) is 0 Å². The molecule has 2 bridgehead atoms. The van der Waals surface area contributed by atoms with Crippen LogP contribution in [0.5, 0.6) is 0 Å². The first kappa shape index (κ1) is 21.7. The van der Waals surface area contributed by atoms with Gasteiger partial charge in [-0.1, -0.05) is 78.1 Å². The van der Waals surface area contributed by atoms with E-state index < -0.39 is 0 Å². The molecular weight excluding hydrogens is 464 g/mol. The minimum atomic E-state index is 0.467. The van der Waals surface area contributed by atoms with Gasteiger partial charge in [-0.05, 0) is 79.7 Å². The monoisotopic (exact) mass is 494 g/mol. The van der Waals surface area contributed by atoms with Gasteiger partial charge in [0.05, 0.1) is 16.4 Å². The molecule has 2 aliphatic carbocycles. The third-order valence-corrected chi connectivity index (χ3v) is 11.3. The topological polar surface area (TPSA) is 17.3 Å². The van der Waals surface area contributed by atoms with Crippen molar-refractivity contribution in [3.63, 3.8) is 0 Å².